The number of nitrogens with one attached hydrogen (secondary N) is 1. The molecule has 0 atom stereocenters. The molecule has 1 aromatic heterocycles. The van der Waals surface area contributed by atoms with Crippen LogP contribution in [0, 0.1) is 0 Å². The minimum absolute atomic E-state index is 0.391. The normalized spacial score (nSPS) is 17.8. The second kappa shape index (κ2) is 6.14. The molecular formula is C17H23N3S. The number of hydrogen-bond donors (Lipinski definition) is 2. The lowest BCUT2D eigenvalue weighted by Gasteiger charge is -2.36. The lowest BCUT2D eigenvalue weighted by Crippen LogP contribution is -2.35. The first-order valence-electron chi connectivity index (χ1n) is 7.66. The summed E-state index contributed by atoms with van der Waals surface area (Å²) in [5.41, 5.74) is 8.73. The van der Waals surface area contributed by atoms with Crippen LogP contribution < -0.4 is 11.1 Å². The number of nitrogens with zero attached hydrogens (tertiary/aromatic N) is 1. The fraction of sp³-hybridized carbons (Fsp3) is 0.471. The molecule has 0 aliphatic heterocycles. The molecule has 112 valence electrons. The predicted octanol–water partition coefficient (Wildman–Crippen LogP) is 4.29. The maximum Gasteiger partial charge on any atom is 0.0743 e. The van der Waals surface area contributed by atoms with E-state index in [-0.39, 0.29) is 0 Å². The Morgan fingerprint density at radius 3 is 2.81 bits per heavy atom. The van der Waals surface area contributed by atoms with E-state index in [4.69, 9.17) is 5.73 Å². The van der Waals surface area contributed by atoms with E-state index in [1.54, 1.807) is 0 Å². The largest absolute Gasteiger partial charge is 0.399 e. The number of thioether (sulfide) groups is 1. The van der Waals surface area contributed by atoms with Crippen molar-refractivity contribution in [2.45, 2.75) is 36.9 Å². The van der Waals surface area contributed by atoms with Crippen molar-refractivity contribution in [2.24, 2.45) is 0 Å². The summed E-state index contributed by atoms with van der Waals surface area (Å²) in [7, 11) is 0. The van der Waals surface area contributed by atoms with Crippen LogP contribution in [0.5, 0.6) is 0 Å². The van der Waals surface area contributed by atoms with Gasteiger partial charge in [-0.05, 0) is 43.4 Å². The van der Waals surface area contributed by atoms with Gasteiger partial charge in [0.15, 0.2) is 0 Å². The molecule has 3 nitrogen and oxygen atoms in total. The maximum atomic E-state index is 5.84. The van der Waals surface area contributed by atoms with E-state index < -0.39 is 0 Å². The van der Waals surface area contributed by atoms with Crippen LogP contribution in [0.25, 0.3) is 10.9 Å². The number of benzene rings is 1. The van der Waals surface area contributed by atoms with Crippen LogP contribution in [0.15, 0.2) is 30.5 Å². The third-order valence-electron chi connectivity index (χ3n) is 4.57. The summed E-state index contributed by atoms with van der Waals surface area (Å²) >= 11 is 2.02. The minimum Gasteiger partial charge on any atom is -0.399 e. The number of rotatable bonds is 4. The Morgan fingerprint density at radius 1 is 1.24 bits per heavy atom. The third-order valence-corrected chi connectivity index (χ3v) is 5.98. The molecule has 21 heavy (non-hydrogen) atoms. The molecule has 0 spiro atoms. The van der Waals surface area contributed by atoms with Crippen molar-refractivity contribution in [1.82, 2.24) is 4.98 Å². The first-order valence-corrected chi connectivity index (χ1v) is 8.88. The summed E-state index contributed by atoms with van der Waals surface area (Å²) < 4.78 is 0.391. The molecule has 1 aromatic carbocycles. The molecule has 3 rings (SSSR count). The van der Waals surface area contributed by atoms with Gasteiger partial charge in [0, 0.05) is 34.2 Å². The van der Waals surface area contributed by atoms with E-state index in [1.807, 2.05) is 30.1 Å². The van der Waals surface area contributed by atoms with E-state index >= 15 is 0 Å². The molecule has 0 radical (unpaired) electrons. The Hall–Kier alpha value is -1.42. The highest BCUT2D eigenvalue weighted by Gasteiger charge is 2.30. The van der Waals surface area contributed by atoms with Crippen LogP contribution in [0.1, 0.15) is 32.1 Å². The minimum atomic E-state index is 0.391. The molecule has 0 saturated heterocycles. The van der Waals surface area contributed by atoms with Gasteiger partial charge >= 0.3 is 0 Å². The highest BCUT2D eigenvalue weighted by atomic mass is 32.2. The summed E-state index contributed by atoms with van der Waals surface area (Å²) in [5.74, 6) is 0. The fourth-order valence-electron chi connectivity index (χ4n) is 3.22. The van der Waals surface area contributed by atoms with Gasteiger partial charge in [0.1, 0.15) is 0 Å². The van der Waals surface area contributed by atoms with E-state index in [0.717, 1.165) is 23.1 Å². The van der Waals surface area contributed by atoms with Gasteiger partial charge in [0.2, 0.25) is 0 Å². The number of hydrogen-bond acceptors (Lipinski definition) is 4. The molecular weight excluding hydrogens is 278 g/mol. The number of anilines is 2. The van der Waals surface area contributed by atoms with Crippen LogP contribution in [0.2, 0.25) is 0 Å². The average molecular weight is 301 g/mol. The molecule has 1 fully saturated rings. The smallest absolute Gasteiger partial charge is 0.0743 e. The predicted molar refractivity (Wildman–Crippen MR) is 94.0 cm³/mol. The third kappa shape index (κ3) is 3.10. The Morgan fingerprint density at radius 2 is 2.05 bits per heavy atom. The van der Waals surface area contributed by atoms with Crippen LogP contribution in [-0.2, 0) is 0 Å². The SMILES string of the molecule is CSC1(CNc2ccnc3cc(N)ccc23)CCCCC1. The molecule has 0 bridgehead atoms. The fourth-order valence-corrected chi connectivity index (χ4v) is 4.14. The number of nitrogens with two attached hydrogens (primary N) is 1. The van der Waals surface area contributed by atoms with Crippen molar-refractivity contribution in [3.8, 4) is 0 Å². The number of pyridine rings is 1. The standard InChI is InChI=1S/C17H23N3S/c1-21-17(8-3-2-4-9-17)12-20-15-7-10-19-16-11-13(18)5-6-14(15)16/h5-7,10-11H,2-4,8-9,12,18H2,1H3,(H,19,20). The molecule has 1 heterocycles. The highest BCUT2D eigenvalue weighted by molar-refractivity contribution is 8.00. The van der Waals surface area contributed by atoms with Crippen molar-refractivity contribution in [1.29, 1.82) is 0 Å². The monoisotopic (exact) mass is 301 g/mol. The Bertz CT molecular complexity index is 620. The first kappa shape index (κ1) is 14.5. The Kier molecular flexibility index (Phi) is 4.24. The van der Waals surface area contributed by atoms with E-state index in [9.17, 15) is 0 Å². The van der Waals surface area contributed by atoms with E-state index in [1.165, 1.54) is 37.8 Å². The van der Waals surface area contributed by atoms with E-state index in [2.05, 4.69) is 28.7 Å². The van der Waals surface area contributed by atoms with Gasteiger partial charge in [-0.15, -0.1) is 0 Å². The lowest BCUT2D eigenvalue weighted by molar-refractivity contribution is 0.411. The topological polar surface area (TPSA) is 50.9 Å². The molecule has 1 saturated carbocycles. The van der Waals surface area contributed by atoms with Gasteiger partial charge in [-0.1, -0.05) is 19.3 Å². The average Bonchev–Trinajstić information content (AvgIpc) is 2.53. The molecule has 0 unspecified atom stereocenters. The van der Waals surface area contributed by atoms with Crippen molar-refractivity contribution in [2.75, 3.05) is 23.9 Å². The Labute approximate surface area is 130 Å². The summed E-state index contributed by atoms with van der Waals surface area (Å²) in [6.45, 7) is 1.03. The Balaban J connectivity index is 1.81. The lowest BCUT2D eigenvalue weighted by atomic mass is 9.88. The van der Waals surface area contributed by atoms with Crippen molar-refractivity contribution in [3.63, 3.8) is 0 Å². The zero-order chi connectivity index (χ0) is 14.7. The molecule has 0 amide bonds. The number of fused-ring (bicyclic) bond motifs is 1. The number of nitrogen functional groups attached to an aromatic ring is 1. The molecule has 3 N–H and O–H groups in total. The molecule has 1 aliphatic rings. The van der Waals surface area contributed by atoms with Gasteiger partial charge in [-0.3, -0.25) is 4.98 Å². The summed E-state index contributed by atoms with van der Waals surface area (Å²) in [6, 6.07) is 8.01. The quantitative estimate of drug-likeness (QED) is 0.827. The molecule has 1 aliphatic carbocycles. The van der Waals surface area contributed by atoms with Gasteiger partial charge in [0.25, 0.3) is 0 Å². The molecule has 4 heteroatoms. The summed E-state index contributed by atoms with van der Waals surface area (Å²) in [5, 5.41) is 4.82. The van der Waals surface area contributed by atoms with Crippen LogP contribution in [0.3, 0.4) is 0 Å². The highest BCUT2D eigenvalue weighted by Crippen LogP contribution is 2.39. The first-order chi connectivity index (χ1) is 10.2. The van der Waals surface area contributed by atoms with Crippen molar-refractivity contribution in [3.05, 3.63) is 30.5 Å². The maximum absolute atomic E-state index is 5.84. The zero-order valence-corrected chi connectivity index (χ0v) is 13.4. The summed E-state index contributed by atoms with van der Waals surface area (Å²) in [6.07, 6.45) is 10.8. The van der Waals surface area contributed by atoms with Gasteiger partial charge in [-0.25, -0.2) is 0 Å². The van der Waals surface area contributed by atoms with Crippen molar-refractivity contribution >= 4 is 34.0 Å². The van der Waals surface area contributed by atoms with E-state index in [0.29, 0.717) is 4.75 Å². The van der Waals surface area contributed by atoms with Gasteiger partial charge in [-0.2, -0.15) is 11.8 Å². The molecule has 2 aromatic rings. The van der Waals surface area contributed by atoms with Gasteiger partial charge in [0.05, 0.1) is 5.52 Å². The van der Waals surface area contributed by atoms with Gasteiger partial charge < -0.3 is 11.1 Å². The zero-order valence-electron chi connectivity index (χ0n) is 12.6. The second-order valence-corrected chi connectivity index (χ2v) is 7.21. The number of aromatic nitrogens is 1. The summed E-state index contributed by atoms with van der Waals surface area (Å²) in [4.78, 5) is 4.41. The van der Waals surface area contributed by atoms with Crippen LogP contribution in [0.4, 0.5) is 11.4 Å². The van der Waals surface area contributed by atoms with Crippen molar-refractivity contribution < 1.29 is 0 Å². The second-order valence-electron chi connectivity index (χ2n) is 5.94. The van der Waals surface area contributed by atoms with Crippen LogP contribution >= 0.6 is 11.8 Å². The van der Waals surface area contributed by atoms with Crippen LogP contribution in [-0.4, -0.2) is 22.5 Å².